The number of aryl methyl sites for hydroxylation is 2. The number of aliphatic hydroxyl groups excluding tert-OH is 1. The fourth-order valence-electron chi connectivity index (χ4n) is 2.30. The largest absolute Gasteiger partial charge is 0.416 e. The minimum atomic E-state index is -4.52. The number of aliphatic hydroxyl groups is 1. The number of aromatic nitrogens is 1. The van der Waals surface area contributed by atoms with E-state index in [4.69, 9.17) is 0 Å². The quantitative estimate of drug-likeness (QED) is 0.908. The SMILES string of the molecule is Cc1cccc(C)c1C(O)c1cnccc1C(F)(F)F. The molecule has 1 heterocycles. The minimum absolute atomic E-state index is 0.225. The van der Waals surface area contributed by atoms with Gasteiger partial charge in [-0.15, -0.1) is 0 Å². The number of benzene rings is 1. The first-order valence-electron chi connectivity index (χ1n) is 6.07. The standard InChI is InChI=1S/C15H14F3NO/c1-9-4-3-5-10(2)13(9)14(20)11-8-19-7-6-12(11)15(16,17)18/h3-8,14,20H,1-2H3. The van der Waals surface area contributed by atoms with Crippen LogP contribution in [-0.2, 0) is 6.18 Å². The van der Waals surface area contributed by atoms with E-state index in [2.05, 4.69) is 4.98 Å². The average molecular weight is 281 g/mol. The Morgan fingerprint density at radius 2 is 1.70 bits per heavy atom. The molecule has 0 bridgehead atoms. The van der Waals surface area contributed by atoms with Crippen molar-refractivity contribution < 1.29 is 18.3 Å². The Morgan fingerprint density at radius 3 is 2.25 bits per heavy atom. The lowest BCUT2D eigenvalue weighted by Crippen LogP contribution is -2.14. The Bertz CT molecular complexity index is 603. The fourth-order valence-corrected chi connectivity index (χ4v) is 2.30. The number of hydrogen-bond donors (Lipinski definition) is 1. The summed E-state index contributed by atoms with van der Waals surface area (Å²) in [6.07, 6.45) is -3.72. The number of rotatable bonds is 2. The summed E-state index contributed by atoms with van der Waals surface area (Å²) in [4.78, 5) is 3.70. The second kappa shape index (κ2) is 5.25. The van der Waals surface area contributed by atoms with Crippen molar-refractivity contribution in [2.45, 2.75) is 26.1 Å². The van der Waals surface area contributed by atoms with Crippen molar-refractivity contribution in [2.75, 3.05) is 0 Å². The molecule has 1 aromatic carbocycles. The number of nitrogens with zero attached hydrogens (tertiary/aromatic N) is 1. The molecular formula is C15H14F3NO. The van der Waals surface area contributed by atoms with Gasteiger partial charge in [0.2, 0.25) is 0 Å². The van der Waals surface area contributed by atoms with Gasteiger partial charge in [-0.2, -0.15) is 13.2 Å². The van der Waals surface area contributed by atoms with Crippen LogP contribution in [0.1, 0.15) is 33.9 Å². The molecule has 0 radical (unpaired) electrons. The molecule has 2 rings (SSSR count). The van der Waals surface area contributed by atoms with Crippen LogP contribution in [0.15, 0.2) is 36.7 Å². The molecule has 1 atom stereocenters. The summed E-state index contributed by atoms with van der Waals surface area (Å²) >= 11 is 0. The minimum Gasteiger partial charge on any atom is -0.384 e. The van der Waals surface area contributed by atoms with E-state index in [-0.39, 0.29) is 5.56 Å². The van der Waals surface area contributed by atoms with Crippen molar-refractivity contribution in [1.82, 2.24) is 4.98 Å². The summed E-state index contributed by atoms with van der Waals surface area (Å²) in [5.74, 6) is 0. The smallest absolute Gasteiger partial charge is 0.384 e. The number of pyridine rings is 1. The van der Waals surface area contributed by atoms with Crippen LogP contribution in [0.2, 0.25) is 0 Å². The van der Waals surface area contributed by atoms with E-state index in [0.29, 0.717) is 5.56 Å². The van der Waals surface area contributed by atoms with Gasteiger partial charge in [0.05, 0.1) is 5.56 Å². The molecule has 0 aliphatic heterocycles. The van der Waals surface area contributed by atoms with E-state index in [9.17, 15) is 18.3 Å². The first kappa shape index (κ1) is 14.5. The highest BCUT2D eigenvalue weighted by Crippen LogP contribution is 2.37. The zero-order valence-electron chi connectivity index (χ0n) is 11.1. The van der Waals surface area contributed by atoms with Gasteiger partial charge in [-0.05, 0) is 36.6 Å². The normalized spacial score (nSPS) is 13.3. The molecule has 1 unspecified atom stereocenters. The van der Waals surface area contributed by atoms with Gasteiger partial charge in [-0.25, -0.2) is 0 Å². The molecule has 1 N–H and O–H groups in total. The van der Waals surface area contributed by atoms with E-state index in [0.717, 1.165) is 29.6 Å². The molecule has 106 valence electrons. The maximum atomic E-state index is 13.0. The molecule has 20 heavy (non-hydrogen) atoms. The Kier molecular flexibility index (Phi) is 3.81. The van der Waals surface area contributed by atoms with Crippen LogP contribution in [0.5, 0.6) is 0 Å². The van der Waals surface area contributed by atoms with Gasteiger partial charge in [0.1, 0.15) is 6.10 Å². The summed E-state index contributed by atoms with van der Waals surface area (Å²) in [6, 6.07) is 6.20. The van der Waals surface area contributed by atoms with Crippen molar-refractivity contribution >= 4 is 0 Å². The molecule has 2 nitrogen and oxygen atoms in total. The van der Waals surface area contributed by atoms with Crippen LogP contribution in [0.25, 0.3) is 0 Å². The van der Waals surface area contributed by atoms with Gasteiger partial charge in [0.25, 0.3) is 0 Å². The third kappa shape index (κ3) is 2.67. The number of halogens is 3. The second-order valence-corrected chi connectivity index (χ2v) is 4.67. The molecule has 1 aromatic heterocycles. The zero-order chi connectivity index (χ0) is 14.9. The molecule has 0 saturated heterocycles. The number of alkyl halides is 3. The molecule has 0 aliphatic rings. The van der Waals surface area contributed by atoms with Crippen LogP contribution in [-0.4, -0.2) is 10.1 Å². The molecule has 0 aliphatic carbocycles. The molecule has 0 spiro atoms. The van der Waals surface area contributed by atoms with Crippen molar-refractivity contribution in [3.8, 4) is 0 Å². The zero-order valence-corrected chi connectivity index (χ0v) is 11.1. The third-order valence-corrected chi connectivity index (χ3v) is 3.27. The van der Waals surface area contributed by atoms with Crippen LogP contribution in [0, 0.1) is 13.8 Å². The number of hydrogen-bond acceptors (Lipinski definition) is 2. The predicted octanol–water partition coefficient (Wildman–Crippen LogP) is 3.80. The third-order valence-electron chi connectivity index (χ3n) is 3.27. The summed E-state index contributed by atoms with van der Waals surface area (Å²) in [6.45, 7) is 3.52. The van der Waals surface area contributed by atoms with Crippen LogP contribution < -0.4 is 0 Å². The monoisotopic (exact) mass is 281 g/mol. The van der Waals surface area contributed by atoms with Gasteiger partial charge in [0, 0.05) is 18.0 Å². The van der Waals surface area contributed by atoms with Crippen LogP contribution >= 0.6 is 0 Å². The highest BCUT2D eigenvalue weighted by atomic mass is 19.4. The van der Waals surface area contributed by atoms with Crippen molar-refractivity contribution in [2.24, 2.45) is 0 Å². The average Bonchev–Trinajstić information content (AvgIpc) is 2.37. The van der Waals surface area contributed by atoms with Gasteiger partial charge < -0.3 is 5.11 Å². The Labute approximate surface area is 114 Å². The Hall–Kier alpha value is -1.88. The summed E-state index contributed by atoms with van der Waals surface area (Å²) in [5.41, 5.74) is 0.898. The molecule has 0 amide bonds. The second-order valence-electron chi connectivity index (χ2n) is 4.67. The summed E-state index contributed by atoms with van der Waals surface area (Å²) in [5, 5.41) is 10.4. The molecular weight excluding hydrogens is 267 g/mol. The lowest BCUT2D eigenvalue weighted by molar-refractivity contribution is -0.139. The molecule has 5 heteroatoms. The van der Waals surface area contributed by atoms with Gasteiger partial charge in [-0.3, -0.25) is 4.98 Å². The Morgan fingerprint density at radius 1 is 1.10 bits per heavy atom. The lowest BCUT2D eigenvalue weighted by atomic mass is 9.92. The summed E-state index contributed by atoms with van der Waals surface area (Å²) in [7, 11) is 0. The highest BCUT2D eigenvalue weighted by molar-refractivity contribution is 5.42. The molecule has 0 saturated carbocycles. The van der Waals surface area contributed by atoms with Gasteiger partial charge in [0.15, 0.2) is 0 Å². The van der Waals surface area contributed by atoms with E-state index in [1.54, 1.807) is 32.0 Å². The summed E-state index contributed by atoms with van der Waals surface area (Å²) < 4.78 is 39.0. The molecule has 2 aromatic rings. The Balaban J connectivity index is 2.58. The molecule has 0 fully saturated rings. The first-order valence-corrected chi connectivity index (χ1v) is 6.07. The predicted molar refractivity (Wildman–Crippen MR) is 69.2 cm³/mol. The van der Waals surface area contributed by atoms with Crippen molar-refractivity contribution in [3.05, 3.63) is 64.5 Å². The maximum absolute atomic E-state index is 13.0. The van der Waals surface area contributed by atoms with Crippen LogP contribution in [0.4, 0.5) is 13.2 Å². The van der Waals surface area contributed by atoms with Crippen molar-refractivity contribution in [3.63, 3.8) is 0 Å². The van der Waals surface area contributed by atoms with Crippen molar-refractivity contribution in [1.29, 1.82) is 0 Å². The van der Waals surface area contributed by atoms with Crippen LogP contribution in [0.3, 0.4) is 0 Å². The topological polar surface area (TPSA) is 33.1 Å². The van der Waals surface area contributed by atoms with E-state index >= 15 is 0 Å². The van der Waals surface area contributed by atoms with Gasteiger partial charge >= 0.3 is 6.18 Å². The fraction of sp³-hybridized carbons (Fsp3) is 0.267. The van der Waals surface area contributed by atoms with E-state index in [1.807, 2.05) is 0 Å². The maximum Gasteiger partial charge on any atom is 0.416 e. The van der Waals surface area contributed by atoms with Gasteiger partial charge in [-0.1, -0.05) is 18.2 Å². The highest BCUT2D eigenvalue weighted by Gasteiger charge is 2.35. The van der Waals surface area contributed by atoms with E-state index in [1.165, 1.54) is 0 Å². The first-order chi connectivity index (χ1) is 9.32. The van der Waals surface area contributed by atoms with E-state index < -0.39 is 17.8 Å². The lowest BCUT2D eigenvalue weighted by Gasteiger charge is -2.20.